The molecule has 212 valence electrons. The zero-order chi connectivity index (χ0) is 28.4. The van der Waals surface area contributed by atoms with Gasteiger partial charge in [-0.05, 0) is 61.1 Å². The minimum Gasteiger partial charge on any atom is -0.460 e. The first-order valence-electron chi connectivity index (χ1n) is 14.3. The Labute approximate surface area is 241 Å². The number of anilines is 1. The van der Waals surface area contributed by atoms with Gasteiger partial charge in [-0.15, -0.1) is 0 Å². The molecule has 5 rings (SSSR count). The van der Waals surface area contributed by atoms with E-state index in [9.17, 15) is 9.59 Å². The molecule has 41 heavy (non-hydrogen) atoms. The molecule has 2 N–H and O–H groups in total. The molecule has 0 radical (unpaired) electrons. The van der Waals surface area contributed by atoms with E-state index in [2.05, 4.69) is 52.0 Å². The summed E-state index contributed by atoms with van der Waals surface area (Å²) in [6.07, 6.45) is 8.56. The van der Waals surface area contributed by atoms with Crippen LogP contribution in [-0.4, -0.2) is 49.1 Å². The summed E-state index contributed by atoms with van der Waals surface area (Å²) in [5.74, 6) is -0.406. The number of hydrogen-bond donors (Lipinski definition) is 2. The molecule has 1 heterocycles. The van der Waals surface area contributed by atoms with E-state index in [0.29, 0.717) is 36.2 Å². The van der Waals surface area contributed by atoms with Crippen molar-refractivity contribution in [1.29, 1.82) is 0 Å². The van der Waals surface area contributed by atoms with Gasteiger partial charge in [0, 0.05) is 66.6 Å². The maximum absolute atomic E-state index is 12.9. The van der Waals surface area contributed by atoms with Crippen LogP contribution in [0.15, 0.2) is 85.2 Å². The van der Waals surface area contributed by atoms with Crippen LogP contribution in [-0.2, 0) is 22.4 Å². The lowest BCUT2D eigenvalue weighted by molar-refractivity contribution is 0.0388. The molecule has 1 saturated carbocycles. The van der Waals surface area contributed by atoms with Crippen molar-refractivity contribution in [3.63, 3.8) is 0 Å². The average Bonchev–Trinajstić information content (AvgIpc) is 3.01. The quantitative estimate of drug-likeness (QED) is 0.127. The lowest BCUT2D eigenvalue weighted by Crippen LogP contribution is -2.36. The van der Waals surface area contributed by atoms with Crippen molar-refractivity contribution in [1.82, 2.24) is 10.3 Å². The van der Waals surface area contributed by atoms with E-state index >= 15 is 0 Å². The van der Waals surface area contributed by atoms with Crippen LogP contribution in [0.5, 0.6) is 0 Å². The highest BCUT2D eigenvalue weighted by molar-refractivity contribution is 5.98. The number of fused-ring (bicyclic) bond motifs is 1. The zero-order valence-electron chi connectivity index (χ0n) is 23.5. The maximum atomic E-state index is 12.9. The smallest absolute Gasteiger partial charge is 0.338 e. The molecule has 1 aromatic heterocycles. The fourth-order valence-corrected chi connectivity index (χ4v) is 5.40. The molecule has 0 aliphatic heterocycles. The molecule has 0 unspecified atom stereocenters. The Morgan fingerprint density at radius 1 is 0.854 bits per heavy atom. The van der Waals surface area contributed by atoms with Gasteiger partial charge in [0.2, 0.25) is 0 Å². The van der Waals surface area contributed by atoms with Crippen molar-refractivity contribution in [3.05, 3.63) is 107 Å². The number of ether oxygens (including phenoxy) is 2. The molecule has 1 fully saturated rings. The Hall–Kier alpha value is -4.07. The van der Waals surface area contributed by atoms with E-state index in [1.165, 1.54) is 16.6 Å². The van der Waals surface area contributed by atoms with Crippen LogP contribution in [0, 0.1) is 0 Å². The Bertz CT molecular complexity index is 1460. The third-order valence-electron chi connectivity index (χ3n) is 7.68. The molecule has 1 aliphatic carbocycles. The molecule has 4 aromatic rings. The fourth-order valence-electron chi connectivity index (χ4n) is 5.40. The third-order valence-corrected chi connectivity index (χ3v) is 7.68. The van der Waals surface area contributed by atoms with Crippen molar-refractivity contribution in [2.75, 3.05) is 25.6 Å². The summed E-state index contributed by atoms with van der Waals surface area (Å²) < 4.78 is 10.0. The van der Waals surface area contributed by atoms with Crippen LogP contribution in [0.2, 0.25) is 0 Å². The van der Waals surface area contributed by atoms with Gasteiger partial charge < -0.3 is 20.1 Å². The minimum atomic E-state index is -0.423. The first kappa shape index (κ1) is 28.5. The largest absolute Gasteiger partial charge is 0.460 e. The summed E-state index contributed by atoms with van der Waals surface area (Å²) in [5.41, 5.74) is 4.34. The van der Waals surface area contributed by atoms with Crippen LogP contribution in [0.4, 0.5) is 5.69 Å². The monoisotopic (exact) mass is 551 g/mol. The predicted octanol–water partition coefficient (Wildman–Crippen LogP) is 5.98. The Morgan fingerprint density at radius 2 is 1.59 bits per heavy atom. The maximum Gasteiger partial charge on any atom is 0.338 e. The van der Waals surface area contributed by atoms with Gasteiger partial charge in [0.15, 0.2) is 5.78 Å². The summed E-state index contributed by atoms with van der Waals surface area (Å²) in [6, 6.07) is 24.2. The summed E-state index contributed by atoms with van der Waals surface area (Å²) >= 11 is 0. The second-order valence-corrected chi connectivity index (χ2v) is 10.6. The summed E-state index contributed by atoms with van der Waals surface area (Å²) in [7, 11) is 1.55. The number of benzene rings is 3. The number of esters is 1. The number of carbonyl (C=O) groups is 2. The number of nitrogens with zero attached hydrogens (tertiary/aromatic N) is 1. The zero-order valence-corrected chi connectivity index (χ0v) is 23.5. The molecule has 3 aromatic carbocycles. The number of rotatable bonds is 12. The highest BCUT2D eigenvalue weighted by atomic mass is 16.6. The third kappa shape index (κ3) is 7.78. The number of pyridine rings is 1. The van der Waals surface area contributed by atoms with Crippen LogP contribution >= 0.6 is 0 Å². The van der Waals surface area contributed by atoms with E-state index in [4.69, 9.17) is 9.47 Å². The first-order valence-corrected chi connectivity index (χ1v) is 14.3. The Balaban J connectivity index is 1.08. The number of nitrogens with one attached hydrogen (secondary N) is 2. The number of carbonyl (C=O) groups excluding carboxylic acids is 2. The predicted molar refractivity (Wildman–Crippen MR) is 161 cm³/mol. The Kier molecular flexibility index (Phi) is 9.73. The average molecular weight is 552 g/mol. The van der Waals surface area contributed by atoms with Crippen molar-refractivity contribution in [2.45, 2.75) is 50.7 Å². The molecule has 7 heteroatoms. The van der Waals surface area contributed by atoms with Crippen LogP contribution in [0.25, 0.3) is 10.8 Å². The highest BCUT2D eigenvalue weighted by Crippen LogP contribution is 2.27. The number of aromatic nitrogens is 1. The van der Waals surface area contributed by atoms with Gasteiger partial charge in [-0.25, -0.2) is 4.79 Å². The van der Waals surface area contributed by atoms with Gasteiger partial charge in [0.1, 0.15) is 6.61 Å². The molecule has 0 saturated heterocycles. The van der Waals surface area contributed by atoms with Gasteiger partial charge in [-0.3, -0.25) is 9.78 Å². The molecule has 0 atom stereocenters. The van der Waals surface area contributed by atoms with Gasteiger partial charge in [-0.2, -0.15) is 0 Å². The van der Waals surface area contributed by atoms with Crippen LogP contribution < -0.4 is 10.6 Å². The highest BCUT2D eigenvalue weighted by Gasteiger charge is 2.21. The summed E-state index contributed by atoms with van der Waals surface area (Å²) in [5, 5.41) is 9.86. The van der Waals surface area contributed by atoms with E-state index < -0.39 is 5.97 Å². The normalized spacial score (nSPS) is 16.8. The molecule has 0 amide bonds. The van der Waals surface area contributed by atoms with Crippen molar-refractivity contribution < 1.29 is 19.1 Å². The second kappa shape index (κ2) is 14.0. The molecule has 7 nitrogen and oxygen atoms in total. The van der Waals surface area contributed by atoms with E-state index in [-0.39, 0.29) is 12.4 Å². The fraction of sp³-hybridized carbons (Fsp3) is 0.324. The van der Waals surface area contributed by atoms with Crippen molar-refractivity contribution in [2.24, 2.45) is 0 Å². The van der Waals surface area contributed by atoms with Gasteiger partial charge in [0.25, 0.3) is 0 Å². The first-order chi connectivity index (χ1) is 20.1. The SMILES string of the molecule is COCCOC(=O)c1ccc(C(=O)Cc2cccc(CNC3CCC(Nc4cccc5cnccc45)CC3)c2)cc1. The minimum absolute atomic E-state index is 0.0164. The van der Waals surface area contributed by atoms with E-state index in [0.717, 1.165) is 43.2 Å². The number of hydrogen-bond acceptors (Lipinski definition) is 7. The molecule has 0 spiro atoms. The summed E-state index contributed by atoms with van der Waals surface area (Å²) in [6.45, 7) is 1.32. The van der Waals surface area contributed by atoms with Gasteiger partial charge >= 0.3 is 5.97 Å². The molecule has 1 aliphatic rings. The number of Topliss-reactive ketones (excluding diaryl/α,β-unsaturated/α-hetero) is 1. The van der Waals surface area contributed by atoms with E-state index in [1.54, 1.807) is 31.4 Å². The standard InChI is InChI=1S/C34H37N3O4/c1-40-18-19-41-34(39)27-10-8-26(9-11-27)33(38)21-24-4-2-5-25(20-24)22-36-29-12-14-30(15-13-29)37-32-7-3-6-28-23-35-17-16-31(28)32/h2-11,16-17,20,23,29-30,36-37H,12-15,18-19,21-22H2,1H3. The van der Waals surface area contributed by atoms with Crippen LogP contribution in [0.3, 0.4) is 0 Å². The molecule has 0 bridgehead atoms. The van der Waals surface area contributed by atoms with Crippen LogP contribution in [0.1, 0.15) is 57.5 Å². The van der Waals surface area contributed by atoms with Crippen molar-refractivity contribution in [3.8, 4) is 0 Å². The summed E-state index contributed by atoms with van der Waals surface area (Å²) in [4.78, 5) is 29.2. The number of ketones is 1. The lowest BCUT2D eigenvalue weighted by atomic mass is 9.90. The second-order valence-electron chi connectivity index (χ2n) is 10.6. The van der Waals surface area contributed by atoms with Gasteiger partial charge in [0.05, 0.1) is 12.2 Å². The molecular formula is C34H37N3O4. The lowest BCUT2D eigenvalue weighted by Gasteiger charge is -2.30. The number of methoxy groups -OCH3 is 1. The van der Waals surface area contributed by atoms with E-state index in [1.807, 2.05) is 24.5 Å². The molecular weight excluding hydrogens is 514 g/mol. The van der Waals surface area contributed by atoms with Gasteiger partial charge in [-0.1, -0.05) is 48.5 Å². The van der Waals surface area contributed by atoms with Crippen molar-refractivity contribution >= 4 is 28.2 Å². The Morgan fingerprint density at radius 3 is 2.39 bits per heavy atom. The topological polar surface area (TPSA) is 89.5 Å².